The molecule has 0 amide bonds. The van der Waals surface area contributed by atoms with Crippen molar-refractivity contribution in [3.63, 3.8) is 0 Å². The number of aryl methyl sites for hydroxylation is 1. The molecule has 1 fully saturated rings. The standard InChI is InChI=1S/C17H26O2S/c1-12(2)16-10-7-14(4)11-17(16)19-20(18)15-8-5-13(3)6-9-15/h5-6,8-9,12,14,16-17H,7,10-11H2,1-4H3/t14-,16-,17-,20?/m1/s1. The minimum Gasteiger partial charge on any atom is -0.283 e. The number of hydrogen-bond acceptors (Lipinski definition) is 2. The van der Waals surface area contributed by atoms with Crippen LogP contribution in [0.5, 0.6) is 0 Å². The molecule has 0 radical (unpaired) electrons. The van der Waals surface area contributed by atoms with E-state index in [4.69, 9.17) is 4.18 Å². The van der Waals surface area contributed by atoms with Crippen LogP contribution >= 0.6 is 0 Å². The average molecular weight is 294 g/mol. The van der Waals surface area contributed by atoms with E-state index in [0.717, 1.165) is 11.3 Å². The van der Waals surface area contributed by atoms with E-state index in [0.29, 0.717) is 17.8 Å². The van der Waals surface area contributed by atoms with Crippen LogP contribution in [0.3, 0.4) is 0 Å². The van der Waals surface area contributed by atoms with Gasteiger partial charge in [-0.25, -0.2) is 4.21 Å². The molecule has 0 aliphatic heterocycles. The Morgan fingerprint density at radius 1 is 1.20 bits per heavy atom. The van der Waals surface area contributed by atoms with Crippen molar-refractivity contribution in [2.45, 2.75) is 58.0 Å². The molecule has 1 aliphatic carbocycles. The highest BCUT2D eigenvalue weighted by molar-refractivity contribution is 7.80. The van der Waals surface area contributed by atoms with Crippen molar-refractivity contribution >= 4 is 11.1 Å². The molecule has 4 atom stereocenters. The van der Waals surface area contributed by atoms with Gasteiger partial charge in [0, 0.05) is 0 Å². The Balaban J connectivity index is 2.05. The van der Waals surface area contributed by atoms with Crippen LogP contribution in [-0.4, -0.2) is 10.3 Å². The highest BCUT2D eigenvalue weighted by atomic mass is 32.2. The molecule has 0 saturated heterocycles. The van der Waals surface area contributed by atoms with Gasteiger partial charge in [0.2, 0.25) is 0 Å². The topological polar surface area (TPSA) is 26.3 Å². The molecular formula is C17H26O2S. The zero-order chi connectivity index (χ0) is 14.7. The summed E-state index contributed by atoms with van der Waals surface area (Å²) >= 11 is -1.34. The zero-order valence-corrected chi connectivity index (χ0v) is 13.8. The smallest absolute Gasteiger partial charge is 0.189 e. The Kier molecular flexibility index (Phi) is 5.39. The van der Waals surface area contributed by atoms with E-state index in [1.165, 1.54) is 18.4 Å². The molecule has 1 aromatic rings. The minimum absolute atomic E-state index is 0.126. The minimum atomic E-state index is -1.34. The first kappa shape index (κ1) is 15.7. The van der Waals surface area contributed by atoms with Crippen LogP contribution in [0.2, 0.25) is 0 Å². The van der Waals surface area contributed by atoms with Gasteiger partial charge in [0.1, 0.15) is 0 Å². The normalized spacial score (nSPS) is 28.6. The van der Waals surface area contributed by atoms with Gasteiger partial charge in [-0.15, -0.1) is 0 Å². The first-order valence-electron chi connectivity index (χ1n) is 7.63. The van der Waals surface area contributed by atoms with Gasteiger partial charge in [-0.3, -0.25) is 4.18 Å². The van der Waals surface area contributed by atoms with E-state index in [2.05, 4.69) is 20.8 Å². The van der Waals surface area contributed by atoms with E-state index in [1.807, 2.05) is 31.2 Å². The quantitative estimate of drug-likeness (QED) is 0.817. The van der Waals surface area contributed by atoms with Gasteiger partial charge in [-0.05, 0) is 49.7 Å². The summed E-state index contributed by atoms with van der Waals surface area (Å²) in [6.07, 6.45) is 3.61. The van der Waals surface area contributed by atoms with Crippen molar-refractivity contribution in [3.05, 3.63) is 29.8 Å². The molecule has 1 aliphatic rings. The van der Waals surface area contributed by atoms with Gasteiger partial charge in [-0.2, -0.15) is 0 Å². The summed E-state index contributed by atoms with van der Waals surface area (Å²) in [5.74, 6) is 1.79. The van der Waals surface area contributed by atoms with Gasteiger partial charge in [0.15, 0.2) is 11.1 Å². The lowest BCUT2D eigenvalue weighted by Gasteiger charge is -2.36. The second-order valence-electron chi connectivity index (χ2n) is 6.51. The van der Waals surface area contributed by atoms with Crippen LogP contribution in [0.25, 0.3) is 0 Å². The van der Waals surface area contributed by atoms with Crippen molar-refractivity contribution in [3.8, 4) is 0 Å². The monoisotopic (exact) mass is 294 g/mol. The van der Waals surface area contributed by atoms with Crippen LogP contribution in [0.15, 0.2) is 29.2 Å². The number of benzene rings is 1. The number of hydrogen-bond donors (Lipinski definition) is 0. The van der Waals surface area contributed by atoms with Gasteiger partial charge in [0.05, 0.1) is 11.0 Å². The molecule has 112 valence electrons. The molecule has 1 unspecified atom stereocenters. The van der Waals surface area contributed by atoms with E-state index >= 15 is 0 Å². The van der Waals surface area contributed by atoms with Crippen molar-refractivity contribution in [2.75, 3.05) is 0 Å². The average Bonchev–Trinajstić information content (AvgIpc) is 2.39. The van der Waals surface area contributed by atoms with Crippen LogP contribution < -0.4 is 0 Å². The van der Waals surface area contributed by atoms with E-state index in [9.17, 15) is 4.21 Å². The van der Waals surface area contributed by atoms with Crippen molar-refractivity contribution < 1.29 is 8.39 Å². The molecule has 0 spiro atoms. The lowest BCUT2D eigenvalue weighted by atomic mass is 9.75. The highest BCUT2D eigenvalue weighted by Gasteiger charge is 2.33. The molecule has 3 heteroatoms. The van der Waals surface area contributed by atoms with Gasteiger partial charge >= 0.3 is 0 Å². The van der Waals surface area contributed by atoms with Gasteiger partial charge in [-0.1, -0.05) is 44.9 Å². The molecule has 2 nitrogen and oxygen atoms in total. The Labute approximate surface area is 125 Å². The maximum Gasteiger partial charge on any atom is 0.189 e. The first-order valence-corrected chi connectivity index (χ1v) is 8.70. The molecule has 1 saturated carbocycles. The predicted molar refractivity (Wildman–Crippen MR) is 83.8 cm³/mol. The second-order valence-corrected chi connectivity index (χ2v) is 7.64. The van der Waals surface area contributed by atoms with E-state index < -0.39 is 11.1 Å². The van der Waals surface area contributed by atoms with Crippen LogP contribution in [0, 0.1) is 24.7 Å². The summed E-state index contributed by atoms with van der Waals surface area (Å²) in [4.78, 5) is 0.774. The SMILES string of the molecule is Cc1ccc(S(=O)O[C@@H]2C[C@H](C)CC[C@@H]2C(C)C)cc1. The Bertz CT molecular complexity index is 453. The molecule has 20 heavy (non-hydrogen) atoms. The van der Waals surface area contributed by atoms with Crippen LogP contribution in [0.4, 0.5) is 0 Å². The van der Waals surface area contributed by atoms with Gasteiger partial charge in [0.25, 0.3) is 0 Å². The summed E-state index contributed by atoms with van der Waals surface area (Å²) in [6, 6.07) is 7.78. The molecule has 0 bridgehead atoms. The molecular weight excluding hydrogens is 268 g/mol. The molecule has 0 heterocycles. The lowest BCUT2D eigenvalue weighted by Crippen LogP contribution is -2.34. The third kappa shape index (κ3) is 3.92. The predicted octanol–water partition coefficient (Wildman–Crippen LogP) is 4.50. The van der Waals surface area contributed by atoms with E-state index in [1.54, 1.807) is 0 Å². The zero-order valence-electron chi connectivity index (χ0n) is 13.0. The molecule has 0 N–H and O–H groups in total. The summed E-state index contributed by atoms with van der Waals surface area (Å²) in [6.45, 7) is 8.78. The number of rotatable bonds is 4. The summed E-state index contributed by atoms with van der Waals surface area (Å²) < 4.78 is 18.3. The van der Waals surface area contributed by atoms with Crippen molar-refractivity contribution in [2.24, 2.45) is 17.8 Å². The molecule has 1 aromatic carbocycles. The summed E-state index contributed by atoms with van der Waals surface area (Å²) in [5, 5.41) is 0. The lowest BCUT2D eigenvalue weighted by molar-refractivity contribution is 0.0567. The maximum atomic E-state index is 12.4. The fraction of sp³-hybridized carbons (Fsp3) is 0.647. The van der Waals surface area contributed by atoms with Gasteiger partial charge < -0.3 is 0 Å². The second kappa shape index (κ2) is 6.86. The summed E-state index contributed by atoms with van der Waals surface area (Å²) in [7, 11) is 0. The third-order valence-corrected chi connectivity index (χ3v) is 5.46. The largest absolute Gasteiger partial charge is 0.283 e. The fourth-order valence-corrected chi connectivity index (χ4v) is 3.96. The van der Waals surface area contributed by atoms with E-state index in [-0.39, 0.29) is 6.10 Å². The fourth-order valence-electron chi connectivity index (χ4n) is 3.04. The maximum absolute atomic E-state index is 12.4. The Morgan fingerprint density at radius 3 is 2.45 bits per heavy atom. The van der Waals surface area contributed by atoms with Crippen molar-refractivity contribution in [1.29, 1.82) is 0 Å². The first-order chi connectivity index (χ1) is 9.47. The Morgan fingerprint density at radius 2 is 1.85 bits per heavy atom. The molecule has 0 aromatic heterocycles. The Hall–Kier alpha value is -0.670. The van der Waals surface area contributed by atoms with Crippen LogP contribution in [-0.2, 0) is 15.3 Å². The van der Waals surface area contributed by atoms with Crippen molar-refractivity contribution in [1.82, 2.24) is 0 Å². The summed E-state index contributed by atoms with van der Waals surface area (Å²) in [5.41, 5.74) is 1.18. The third-order valence-electron chi connectivity index (χ3n) is 4.39. The van der Waals surface area contributed by atoms with Crippen LogP contribution in [0.1, 0.15) is 45.6 Å². The highest BCUT2D eigenvalue weighted by Crippen LogP contribution is 2.36. The molecule has 2 rings (SSSR count).